The maximum absolute atomic E-state index is 12.5. The number of fused-ring (bicyclic) bond motifs is 5. The van der Waals surface area contributed by atoms with E-state index < -0.39 is 14.6 Å². The van der Waals surface area contributed by atoms with Crippen LogP contribution in [0.2, 0.25) is 0 Å². The fourth-order valence-corrected chi connectivity index (χ4v) is 6.55. The number of sulfone groups is 1. The third-order valence-electron chi connectivity index (χ3n) is 6.77. The lowest BCUT2D eigenvalue weighted by molar-refractivity contribution is 0.197. The summed E-state index contributed by atoms with van der Waals surface area (Å²) in [5.41, 5.74) is 0. The summed E-state index contributed by atoms with van der Waals surface area (Å²) in [5.74, 6) is 3.19. The van der Waals surface area contributed by atoms with Crippen molar-refractivity contribution in [2.45, 2.75) is 50.3 Å². The molecule has 1 heterocycles. The number of urea groups is 1. The van der Waals surface area contributed by atoms with E-state index in [1.807, 2.05) is 0 Å². The largest absolute Gasteiger partial charge is 0.335 e. The SMILES string of the molecule is CC1(C)CCN(C(=O)NC2C3C4CCC(C4)C23)CCS1(=O)=O. The van der Waals surface area contributed by atoms with E-state index in [4.69, 9.17) is 0 Å². The predicted molar refractivity (Wildman–Crippen MR) is 84.2 cm³/mol. The summed E-state index contributed by atoms with van der Waals surface area (Å²) in [6.45, 7) is 4.40. The minimum absolute atomic E-state index is 0.0494. The van der Waals surface area contributed by atoms with Crippen molar-refractivity contribution >= 4 is 15.9 Å². The Morgan fingerprint density at radius 1 is 1.14 bits per heavy atom. The summed E-state index contributed by atoms with van der Waals surface area (Å²) in [6, 6.07) is 0.318. The van der Waals surface area contributed by atoms with E-state index in [2.05, 4.69) is 5.32 Å². The summed E-state index contributed by atoms with van der Waals surface area (Å²) in [6.07, 6.45) is 4.58. The average Bonchev–Trinajstić information content (AvgIpc) is 2.86. The summed E-state index contributed by atoms with van der Waals surface area (Å²) in [5, 5.41) is 3.20. The normalized spacial score (nSPS) is 44.3. The minimum atomic E-state index is -3.12. The van der Waals surface area contributed by atoms with Gasteiger partial charge in [-0.3, -0.25) is 0 Å². The number of amides is 2. The van der Waals surface area contributed by atoms with Crippen LogP contribution in [0.1, 0.15) is 39.5 Å². The predicted octanol–water partition coefficient (Wildman–Crippen LogP) is 1.64. The van der Waals surface area contributed by atoms with Crippen molar-refractivity contribution < 1.29 is 13.2 Å². The van der Waals surface area contributed by atoms with Crippen molar-refractivity contribution in [2.24, 2.45) is 23.7 Å². The van der Waals surface area contributed by atoms with Gasteiger partial charge in [0.15, 0.2) is 9.84 Å². The molecule has 2 amide bonds. The lowest BCUT2D eigenvalue weighted by atomic mass is 10.0. The van der Waals surface area contributed by atoms with Gasteiger partial charge in [0.05, 0.1) is 10.5 Å². The van der Waals surface area contributed by atoms with Gasteiger partial charge < -0.3 is 10.2 Å². The van der Waals surface area contributed by atoms with E-state index in [0.717, 1.165) is 23.7 Å². The van der Waals surface area contributed by atoms with Gasteiger partial charge in [-0.25, -0.2) is 13.2 Å². The molecule has 4 atom stereocenters. The lowest BCUT2D eigenvalue weighted by Crippen LogP contribution is -2.43. The highest BCUT2D eigenvalue weighted by Crippen LogP contribution is 2.65. The van der Waals surface area contributed by atoms with Crippen molar-refractivity contribution in [3.8, 4) is 0 Å². The Hall–Kier alpha value is -0.780. The molecule has 0 aromatic rings. The molecule has 1 saturated heterocycles. The first kappa shape index (κ1) is 14.8. The molecule has 6 heteroatoms. The first-order chi connectivity index (χ1) is 10.3. The lowest BCUT2D eigenvalue weighted by Gasteiger charge is -2.23. The van der Waals surface area contributed by atoms with Crippen LogP contribution in [0, 0.1) is 23.7 Å². The average molecular weight is 326 g/mol. The van der Waals surface area contributed by atoms with Crippen molar-refractivity contribution in [1.82, 2.24) is 10.2 Å². The molecular weight excluding hydrogens is 300 g/mol. The Balaban J connectivity index is 1.38. The second-order valence-corrected chi connectivity index (χ2v) is 11.0. The van der Waals surface area contributed by atoms with Gasteiger partial charge in [-0.1, -0.05) is 0 Å². The molecule has 0 radical (unpaired) electrons. The second kappa shape index (κ2) is 4.62. The van der Waals surface area contributed by atoms with E-state index in [9.17, 15) is 13.2 Å². The van der Waals surface area contributed by atoms with Crippen LogP contribution in [0.4, 0.5) is 4.79 Å². The molecule has 22 heavy (non-hydrogen) atoms. The molecule has 5 nitrogen and oxygen atoms in total. The number of rotatable bonds is 1. The van der Waals surface area contributed by atoms with Crippen molar-refractivity contribution in [3.05, 3.63) is 0 Å². The molecule has 4 fully saturated rings. The number of carbonyl (C=O) groups excluding carboxylic acids is 1. The van der Waals surface area contributed by atoms with E-state index in [1.54, 1.807) is 18.7 Å². The Morgan fingerprint density at radius 2 is 1.77 bits per heavy atom. The molecule has 4 aliphatic rings. The Morgan fingerprint density at radius 3 is 2.41 bits per heavy atom. The molecule has 124 valence electrons. The highest BCUT2D eigenvalue weighted by molar-refractivity contribution is 7.92. The third-order valence-corrected chi connectivity index (χ3v) is 9.38. The van der Waals surface area contributed by atoms with E-state index in [-0.39, 0.29) is 11.8 Å². The van der Waals surface area contributed by atoms with Crippen molar-refractivity contribution in [1.29, 1.82) is 0 Å². The smallest absolute Gasteiger partial charge is 0.317 e. The highest BCUT2D eigenvalue weighted by Gasteiger charge is 2.65. The summed E-state index contributed by atoms with van der Waals surface area (Å²) < 4.78 is 23.7. The van der Waals surface area contributed by atoms with Gasteiger partial charge in [0, 0.05) is 19.1 Å². The number of hydrogen-bond donors (Lipinski definition) is 1. The van der Waals surface area contributed by atoms with Crippen LogP contribution in [-0.4, -0.2) is 49.0 Å². The van der Waals surface area contributed by atoms with Crippen molar-refractivity contribution in [2.75, 3.05) is 18.8 Å². The van der Waals surface area contributed by atoms with Crippen LogP contribution in [0.5, 0.6) is 0 Å². The molecular formula is C16H26N2O3S. The van der Waals surface area contributed by atoms with Crippen LogP contribution in [0.25, 0.3) is 0 Å². The van der Waals surface area contributed by atoms with Gasteiger partial charge >= 0.3 is 6.03 Å². The van der Waals surface area contributed by atoms with E-state index in [0.29, 0.717) is 25.6 Å². The fraction of sp³-hybridized carbons (Fsp3) is 0.938. The van der Waals surface area contributed by atoms with Gasteiger partial charge in [0.1, 0.15) is 0 Å². The number of carbonyl (C=O) groups is 1. The zero-order valence-electron chi connectivity index (χ0n) is 13.4. The molecule has 1 aliphatic heterocycles. The van der Waals surface area contributed by atoms with Crippen LogP contribution in [-0.2, 0) is 9.84 Å². The Kier molecular flexibility index (Phi) is 3.10. The molecule has 4 unspecified atom stereocenters. The Bertz CT molecular complexity index is 585. The highest BCUT2D eigenvalue weighted by atomic mass is 32.2. The van der Waals surface area contributed by atoms with Gasteiger partial charge in [-0.2, -0.15) is 0 Å². The van der Waals surface area contributed by atoms with Crippen molar-refractivity contribution in [3.63, 3.8) is 0 Å². The summed E-state index contributed by atoms with van der Waals surface area (Å²) >= 11 is 0. The maximum Gasteiger partial charge on any atom is 0.317 e. The van der Waals surface area contributed by atoms with E-state index >= 15 is 0 Å². The van der Waals surface area contributed by atoms with Gasteiger partial charge in [-0.05, 0) is 63.2 Å². The molecule has 1 N–H and O–H groups in total. The van der Waals surface area contributed by atoms with Gasteiger partial charge in [-0.15, -0.1) is 0 Å². The van der Waals surface area contributed by atoms with Crippen LogP contribution in [0.15, 0.2) is 0 Å². The molecule has 0 aromatic carbocycles. The third kappa shape index (κ3) is 2.09. The maximum atomic E-state index is 12.5. The topological polar surface area (TPSA) is 66.5 Å². The summed E-state index contributed by atoms with van der Waals surface area (Å²) in [4.78, 5) is 14.2. The number of nitrogens with zero attached hydrogens (tertiary/aromatic N) is 1. The molecule has 3 saturated carbocycles. The molecule has 3 aliphatic carbocycles. The minimum Gasteiger partial charge on any atom is -0.335 e. The fourth-order valence-electron chi connectivity index (χ4n) is 5.13. The first-order valence-corrected chi connectivity index (χ1v) is 10.2. The monoisotopic (exact) mass is 326 g/mol. The van der Waals surface area contributed by atoms with Crippen LogP contribution < -0.4 is 5.32 Å². The van der Waals surface area contributed by atoms with Crippen LogP contribution >= 0.6 is 0 Å². The zero-order valence-corrected chi connectivity index (χ0v) is 14.2. The molecule has 2 bridgehead atoms. The Labute approximate surface area is 132 Å². The van der Waals surface area contributed by atoms with Gasteiger partial charge in [0.2, 0.25) is 0 Å². The van der Waals surface area contributed by atoms with Gasteiger partial charge in [0.25, 0.3) is 0 Å². The number of nitrogens with one attached hydrogen (secondary N) is 1. The molecule has 0 spiro atoms. The number of hydrogen-bond acceptors (Lipinski definition) is 3. The first-order valence-electron chi connectivity index (χ1n) is 8.58. The van der Waals surface area contributed by atoms with Crippen LogP contribution in [0.3, 0.4) is 0 Å². The molecule has 4 rings (SSSR count). The quantitative estimate of drug-likeness (QED) is 0.796. The zero-order chi connectivity index (χ0) is 15.7. The standard InChI is InChI=1S/C16H26N2O3S/c1-16(2)5-6-18(7-8-22(16,20)21)15(19)17-14-12-10-3-4-11(9-10)13(12)14/h10-14H,3-9H2,1-2H3,(H,17,19). The van der Waals surface area contributed by atoms with E-state index in [1.165, 1.54) is 19.3 Å². The molecule has 0 aromatic heterocycles. The second-order valence-electron chi connectivity index (χ2n) is 8.28. The summed E-state index contributed by atoms with van der Waals surface area (Å²) in [7, 11) is -3.12.